The highest BCUT2D eigenvalue weighted by atomic mass is 32.1. The second-order valence-electron chi connectivity index (χ2n) is 5.94. The number of phenols is 1. The largest absolute Gasteiger partial charge is 0.506 e. The molecule has 0 radical (unpaired) electrons. The van der Waals surface area contributed by atoms with Crippen LogP contribution in [0.4, 0.5) is 11.5 Å². The highest BCUT2D eigenvalue weighted by Gasteiger charge is 2.17. The van der Waals surface area contributed by atoms with Crippen LogP contribution in [0.2, 0.25) is 0 Å². The number of nitrogens with one attached hydrogen (secondary N) is 1. The van der Waals surface area contributed by atoms with Crippen LogP contribution in [0.3, 0.4) is 0 Å². The third kappa shape index (κ3) is 2.83. The SMILES string of the molecule is Cc1ccc(-c2c(C)sc3ncnc(Nc4ccccc4O)c23)cc1. The van der Waals surface area contributed by atoms with E-state index in [9.17, 15) is 5.11 Å². The van der Waals surface area contributed by atoms with Crippen molar-refractivity contribution in [1.29, 1.82) is 0 Å². The average Bonchev–Trinajstić information content (AvgIpc) is 2.95. The van der Waals surface area contributed by atoms with Gasteiger partial charge in [-0.3, -0.25) is 0 Å². The van der Waals surface area contributed by atoms with Crippen LogP contribution in [0.15, 0.2) is 54.9 Å². The van der Waals surface area contributed by atoms with E-state index < -0.39 is 0 Å². The van der Waals surface area contributed by atoms with Gasteiger partial charge in [-0.25, -0.2) is 9.97 Å². The Balaban J connectivity index is 1.91. The van der Waals surface area contributed by atoms with Gasteiger partial charge in [-0.2, -0.15) is 0 Å². The minimum Gasteiger partial charge on any atom is -0.506 e. The van der Waals surface area contributed by atoms with Gasteiger partial charge >= 0.3 is 0 Å². The van der Waals surface area contributed by atoms with Crippen molar-refractivity contribution in [3.8, 4) is 16.9 Å². The van der Waals surface area contributed by atoms with E-state index in [1.54, 1.807) is 29.8 Å². The summed E-state index contributed by atoms with van der Waals surface area (Å²) in [5.41, 5.74) is 4.13. The maximum atomic E-state index is 10.1. The maximum absolute atomic E-state index is 10.1. The molecular weight excluding hydrogens is 330 g/mol. The summed E-state index contributed by atoms with van der Waals surface area (Å²) in [6, 6.07) is 15.6. The molecule has 2 N–H and O–H groups in total. The quantitative estimate of drug-likeness (QED) is 0.486. The summed E-state index contributed by atoms with van der Waals surface area (Å²) in [5, 5.41) is 14.3. The minimum atomic E-state index is 0.193. The lowest BCUT2D eigenvalue weighted by Crippen LogP contribution is -1.96. The molecule has 0 unspecified atom stereocenters. The van der Waals surface area contributed by atoms with Gasteiger partial charge in [-0.05, 0) is 31.5 Å². The van der Waals surface area contributed by atoms with Crippen LogP contribution in [0, 0.1) is 13.8 Å². The zero-order valence-corrected chi connectivity index (χ0v) is 14.8. The average molecular weight is 347 g/mol. The first-order valence-corrected chi connectivity index (χ1v) is 8.81. The normalized spacial score (nSPS) is 11.0. The number of rotatable bonds is 3. The number of thiophene rings is 1. The Morgan fingerprint density at radius 2 is 1.72 bits per heavy atom. The van der Waals surface area contributed by atoms with Gasteiger partial charge in [0.15, 0.2) is 0 Å². The fourth-order valence-electron chi connectivity index (χ4n) is 2.91. The third-order valence-electron chi connectivity index (χ3n) is 4.16. The molecule has 0 amide bonds. The highest BCUT2D eigenvalue weighted by Crippen LogP contribution is 2.41. The fraction of sp³-hybridized carbons (Fsp3) is 0.100. The van der Waals surface area contributed by atoms with Crippen molar-refractivity contribution in [2.75, 3.05) is 5.32 Å². The molecular formula is C20H17N3OS. The van der Waals surface area contributed by atoms with E-state index >= 15 is 0 Å². The second-order valence-corrected chi connectivity index (χ2v) is 7.15. The van der Waals surface area contributed by atoms with Crippen molar-refractivity contribution in [2.24, 2.45) is 0 Å². The molecule has 0 aliphatic carbocycles. The first kappa shape index (κ1) is 15.6. The minimum absolute atomic E-state index is 0.193. The molecule has 124 valence electrons. The van der Waals surface area contributed by atoms with Crippen molar-refractivity contribution in [3.05, 3.63) is 65.3 Å². The molecule has 0 bridgehead atoms. The molecule has 25 heavy (non-hydrogen) atoms. The maximum Gasteiger partial charge on any atom is 0.143 e. The van der Waals surface area contributed by atoms with E-state index in [0.717, 1.165) is 21.3 Å². The standard InChI is InChI=1S/C20H17N3OS/c1-12-7-9-14(10-8-12)17-13(2)25-20-18(17)19(21-11-22-20)23-15-5-3-4-6-16(15)24/h3-11,24H,1-2H3,(H,21,22,23). The molecule has 2 aromatic heterocycles. The molecule has 0 fully saturated rings. The number of aryl methyl sites for hydroxylation is 2. The summed E-state index contributed by atoms with van der Waals surface area (Å²) in [7, 11) is 0. The Morgan fingerprint density at radius 3 is 2.48 bits per heavy atom. The molecule has 4 rings (SSSR count). The number of fused-ring (bicyclic) bond motifs is 1. The summed E-state index contributed by atoms with van der Waals surface area (Å²) in [6.07, 6.45) is 1.56. The van der Waals surface area contributed by atoms with Crippen molar-refractivity contribution >= 4 is 33.1 Å². The lowest BCUT2D eigenvalue weighted by molar-refractivity contribution is 0.478. The fourth-order valence-corrected chi connectivity index (χ4v) is 3.93. The van der Waals surface area contributed by atoms with Crippen LogP contribution >= 0.6 is 11.3 Å². The molecule has 0 spiro atoms. The van der Waals surface area contributed by atoms with Crippen LogP contribution in [-0.4, -0.2) is 15.1 Å². The molecule has 0 aliphatic rings. The molecule has 5 heteroatoms. The molecule has 0 aliphatic heterocycles. The molecule has 0 saturated carbocycles. The number of aromatic nitrogens is 2. The van der Waals surface area contributed by atoms with Crippen molar-refractivity contribution in [3.63, 3.8) is 0 Å². The third-order valence-corrected chi connectivity index (χ3v) is 5.17. The first-order valence-electron chi connectivity index (χ1n) is 7.99. The van der Waals surface area contributed by atoms with Crippen LogP contribution in [0.25, 0.3) is 21.3 Å². The molecule has 2 heterocycles. The Kier molecular flexibility index (Phi) is 3.86. The summed E-state index contributed by atoms with van der Waals surface area (Å²) in [5.74, 6) is 0.893. The van der Waals surface area contributed by atoms with Crippen molar-refractivity contribution in [2.45, 2.75) is 13.8 Å². The van der Waals surface area contributed by atoms with Crippen LogP contribution in [0.1, 0.15) is 10.4 Å². The number of nitrogens with zero attached hydrogens (tertiary/aromatic N) is 2. The van der Waals surface area contributed by atoms with Gasteiger partial charge in [0, 0.05) is 10.4 Å². The number of anilines is 2. The highest BCUT2D eigenvalue weighted by molar-refractivity contribution is 7.19. The van der Waals surface area contributed by atoms with E-state index in [2.05, 4.69) is 53.4 Å². The van der Waals surface area contributed by atoms with Crippen LogP contribution in [-0.2, 0) is 0 Å². The Labute approximate surface area is 149 Å². The number of hydrogen-bond donors (Lipinski definition) is 2. The van der Waals surface area contributed by atoms with Crippen LogP contribution in [0.5, 0.6) is 5.75 Å². The van der Waals surface area contributed by atoms with Gasteiger partial charge in [0.25, 0.3) is 0 Å². The van der Waals surface area contributed by atoms with E-state index in [0.29, 0.717) is 11.5 Å². The van der Waals surface area contributed by atoms with Gasteiger partial charge in [-0.1, -0.05) is 42.0 Å². The second kappa shape index (κ2) is 6.18. The lowest BCUT2D eigenvalue weighted by atomic mass is 10.0. The van der Waals surface area contributed by atoms with Crippen molar-refractivity contribution < 1.29 is 5.11 Å². The Bertz CT molecular complexity index is 1050. The van der Waals surface area contributed by atoms with Crippen LogP contribution < -0.4 is 5.32 Å². The molecule has 4 nitrogen and oxygen atoms in total. The topological polar surface area (TPSA) is 58.0 Å². The van der Waals surface area contributed by atoms with Gasteiger partial charge < -0.3 is 10.4 Å². The summed E-state index contributed by atoms with van der Waals surface area (Å²) >= 11 is 1.65. The zero-order valence-electron chi connectivity index (χ0n) is 13.9. The van der Waals surface area contributed by atoms with Gasteiger partial charge in [0.05, 0.1) is 11.1 Å². The predicted octanol–water partition coefficient (Wildman–Crippen LogP) is 5.42. The molecule has 2 aromatic carbocycles. The molecule has 0 saturated heterocycles. The summed E-state index contributed by atoms with van der Waals surface area (Å²) < 4.78 is 0. The van der Waals surface area contributed by atoms with E-state index in [1.807, 2.05) is 12.1 Å². The first-order chi connectivity index (χ1) is 12.1. The van der Waals surface area contributed by atoms with Gasteiger partial charge in [-0.15, -0.1) is 11.3 Å². The smallest absolute Gasteiger partial charge is 0.143 e. The van der Waals surface area contributed by atoms with E-state index in [1.165, 1.54) is 10.4 Å². The predicted molar refractivity (Wildman–Crippen MR) is 104 cm³/mol. The molecule has 0 atom stereocenters. The summed E-state index contributed by atoms with van der Waals surface area (Å²) in [4.78, 5) is 11.0. The van der Waals surface area contributed by atoms with E-state index in [-0.39, 0.29) is 5.75 Å². The molecule has 4 aromatic rings. The van der Waals surface area contributed by atoms with Gasteiger partial charge in [0.1, 0.15) is 22.7 Å². The monoisotopic (exact) mass is 347 g/mol. The number of aromatic hydroxyl groups is 1. The number of phenolic OH excluding ortho intramolecular Hbond substituents is 1. The lowest BCUT2D eigenvalue weighted by Gasteiger charge is -2.10. The Morgan fingerprint density at radius 1 is 0.960 bits per heavy atom. The van der Waals surface area contributed by atoms with Crippen molar-refractivity contribution in [1.82, 2.24) is 9.97 Å². The Hall–Kier alpha value is -2.92. The zero-order chi connectivity index (χ0) is 17.4. The number of benzene rings is 2. The number of hydrogen-bond acceptors (Lipinski definition) is 5. The summed E-state index contributed by atoms with van der Waals surface area (Å²) in [6.45, 7) is 4.18. The number of para-hydroxylation sites is 2. The van der Waals surface area contributed by atoms with E-state index in [4.69, 9.17) is 0 Å². The van der Waals surface area contributed by atoms with Gasteiger partial charge in [0.2, 0.25) is 0 Å².